The number of carbonyl (C=O) groups is 1. The molecule has 134 valence electrons. The van der Waals surface area contributed by atoms with E-state index in [4.69, 9.17) is 10.5 Å². The molecule has 0 aliphatic heterocycles. The molecule has 0 bridgehead atoms. The standard InChI is InChI=1S/C18H18FN5O2/c1-10(2)26-14-8-3-5-11(22-14)9-21-17(25)16-12-6-4-7-13(19)15(12)23-18(20)24-16/h3-8,10H,9H2,1-2H3,(H,21,25)(H2,20,23,24). The van der Waals surface area contributed by atoms with Gasteiger partial charge in [-0.2, -0.15) is 0 Å². The third-order valence-corrected chi connectivity index (χ3v) is 3.48. The number of pyridine rings is 1. The second kappa shape index (κ2) is 7.30. The topological polar surface area (TPSA) is 103 Å². The zero-order valence-corrected chi connectivity index (χ0v) is 14.4. The van der Waals surface area contributed by atoms with Crippen molar-refractivity contribution in [2.75, 3.05) is 5.73 Å². The molecular formula is C18H18FN5O2. The summed E-state index contributed by atoms with van der Waals surface area (Å²) in [6.07, 6.45) is -0.00223. The van der Waals surface area contributed by atoms with Gasteiger partial charge in [-0.05, 0) is 26.0 Å². The van der Waals surface area contributed by atoms with Crippen LogP contribution in [0, 0.1) is 5.82 Å². The number of carbonyl (C=O) groups excluding carboxylic acids is 1. The smallest absolute Gasteiger partial charge is 0.271 e. The van der Waals surface area contributed by atoms with Gasteiger partial charge < -0.3 is 15.8 Å². The lowest BCUT2D eigenvalue weighted by atomic mass is 10.1. The summed E-state index contributed by atoms with van der Waals surface area (Å²) in [5.74, 6) is -0.749. The number of fused-ring (bicyclic) bond motifs is 1. The molecule has 0 unspecified atom stereocenters. The van der Waals surface area contributed by atoms with Crippen LogP contribution in [0.3, 0.4) is 0 Å². The molecule has 0 aliphatic rings. The van der Waals surface area contributed by atoms with Crippen LogP contribution in [0.1, 0.15) is 30.0 Å². The molecule has 0 spiro atoms. The monoisotopic (exact) mass is 355 g/mol. The molecular weight excluding hydrogens is 337 g/mol. The van der Waals surface area contributed by atoms with E-state index in [-0.39, 0.29) is 29.8 Å². The Balaban J connectivity index is 1.81. The van der Waals surface area contributed by atoms with E-state index in [1.807, 2.05) is 13.8 Å². The Hall–Kier alpha value is -3.29. The Bertz CT molecular complexity index is 961. The summed E-state index contributed by atoms with van der Waals surface area (Å²) in [7, 11) is 0. The van der Waals surface area contributed by atoms with Gasteiger partial charge in [0.2, 0.25) is 11.8 Å². The van der Waals surface area contributed by atoms with E-state index >= 15 is 0 Å². The summed E-state index contributed by atoms with van der Waals surface area (Å²) in [6.45, 7) is 3.97. The third-order valence-electron chi connectivity index (χ3n) is 3.48. The van der Waals surface area contributed by atoms with Gasteiger partial charge in [0.25, 0.3) is 5.91 Å². The van der Waals surface area contributed by atoms with Gasteiger partial charge in [-0.3, -0.25) is 4.79 Å². The Labute approximate surface area is 149 Å². The average molecular weight is 355 g/mol. The predicted molar refractivity (Wildman–Crippen MR) is 95.1 cm³/mol. The lowest BCUT2D eigenvalue weighted by Gasteiger charge is -2.11. The number of anilines is 1. The summed E-state index contributed by atoms with van der Waals surface area (Å²) in [6, 6.07) is 9.61. The van der Waals surface area contributed by atoms with Crippen LogP contribution in [-0.2, 0) is 6.54 Å². The Morgan fingerprint density at radius 3 is 2.73 bits per heavy atom. The van der Waals surface area contributed by atoms with Crippen molar-refractivity contribution < 1.29 is 13.9 Å². The van der Waals surface area contributed by atoms with Crippen molar-refractivity contribution >= 4 is 22.8 Å². The number of aromatic nitrogens is 3. The van der Waals surface area contributed by atoms with Crippen molar-refractivity contribution in [1.29, 1.82) is 0 Å². The number of nitrogen functional groups attached to an aromatic ring is 1. The number of hydrogen-bond donors (Lipinski definition) is 2. The lowest BCUT2D eigenvalue weighted by Crippen LogP contribution is -2.25. The number of para-hydroxylation sites is 1. The van der Waals surface area contributed by atoms with Crippen molar-refractivity contribution in [3.05, 3.63) is 53.6 Å². The molecule has 3 rings (SSSR count). The number of nitrogens with one attached hydrogen (secondary N) is 1. The largest absolute Gasteiger partial charge is 0.475 e. The highest BCUT2D eigenvalue weighted by Gasteiger charge is 2.16. The van der Waals surface area contributed by atoms with Gasteiger partial charge in [-0.1, -0.05) is 18.2 Å². The number of nitrogens with two attached hydrogens (primary N) is 1. The first-order valence-corrected chi connectivity index (χ1v) is 8.06. The fraction of sp³-hybridized carbons (Fsp3) is 0.222. The Morgan fingerprint density at radius 2 is 1.96 bits per heavy atom. The summed E-state index contributed by atoms with van der Waals surface area (Å²) < 4.78 is 19.4. The van der Waals surface area contributed by atoms with Crippen LogP contribution in [0.25, 0.3) is 10.9 Å². The van der Waals surface area contributed by atoms with Gasteiger partial charge in [0.05, 0.1) is 18.3 Å². The second-order valence-corrected chi connectivity index (χ2v) is 5.88. The van der Waals surface area contributed by atoms with Crippen LogP contribution < -0.4 is 15.8 Å². The molecule has 0 saturated carbocycles. The van der Waals surface area contributed by atoms with Gasteiger partial charge in [0.1, 0.15) is 17.0 Å². The molecule has 7 nitrogen and oxygen atoms in total. The fourth-order valence-corrected chi connectivity index (χ4v) is 2.43. The molecule has 0 radical (unpaired) electrons. The SMILES string of the molecule is CC(C)Oc1cccc(CNC(=O)c2nc(N)nc3c(F)cccc23)n1. The Kier molecular flexibility index (Phi) is 4.92. The number of hydrogen-bond acceptors (Lipinski definition) is 6. The zero-order chi connectivity index (χ0) is 18.7. The van der Waals surface area contributed by atoms with Crippen molar-refractivity contribution in [3.63, 3.8) is 0 Å². The minimum Gasteiger partial charge on any atom is -0.475 e. The molecule has 0 aliphatic carbocycles. The maximum Gasteiger partial charge on any atom is 0.271 e. The molecule has 3 aromatic rings. The highest BCUT2D eigenvalue weighted by molar-refractivity contribution is 6.04. The molecule has 8 heteroatoms. The zero-order valence-electron chi connectivity index (χ0n) is 14.4. The molecule has 2 heterocycles. The van der Waals surface area contributed by atoms with E-state index < -0.39 is 11.7 Å². The minimum absolute atomic E-state index is 0.00223. The first-order valence-electron chi connectivity index (χ1n) is 8.06. The van der Waals surface area contributed by atoms with Crippen LogP contribution in [0.2, 0.25) is 0 Å². The van der Waals surface area contributed by atoms with E-state index in [9.17, 15) is 9.18 Å². The highest BCUT2D eigenvalue weighted by Crippen LogP contribution is 2.19. The molecule has 1 aromatic carbocycles. The first-order chi connectivity index (χ1) is 12.4. The maximum absolute atomic E-state index is 13.9. The summed E-state index contributed by atoms with van der Waals surface area (Å²) in [5, 5.41) is 3.00. The molecule has 0 saturated heterocycles. The molecule has 1 amide bonds. The van der Waals surface area contributed by atoms with Gasteiger partial charge >= 0.3 is 0 Å². The first kappa shape index (κ1) is 17.5. The van der Waals surface area contributed by atoms with E-state index in [1.54, 1.807) is 24.3 Å². The van der Waals surface area contributed by atoms with Gasteiger partial charge in [-0.15, -0.1) is 0 Å². The maximum atomic E-state index is 13.9. The Morgan fingerprint density at radius 1 is 1.19 bits per heavy atom. The summed E-state index contributed by atoms with van der Waals surface area (Å²) >= 11 is 0. The summed E-state index contributed by atoms with van der Waals surface area (Å²) in [5.41, 5.74) is 6.25. The lowest BCUT2D eigenvalue weighted by molar-refractivity contribution is 0.0947. The van der Waals surface area contributed by atoms with E-state index in [2.05, 4.69) is 20.3 Å². The van der Waals surface area contributed by atoms with Crippen molar-refractivity contribution in [2.45, 2.75) is 26.5 Å². The van der Waals surface area contributed by atoms with Crippen molar-refractivity contribution in [2.24, 2.45) is 0 Å². The number of ether oxygens (including phenoxy) is 1. The fourth-order valence-electron chi connectivity index (χ4n) is 2.43. The van der Waals surface area contributed by atoms with E-state index in [0.29, 0.717) is 17.0 Å². The number of halogens is 1. The average Bonchev–Trinajstić information content (AvgIpc) is 2.59. The summed E-state index contributed by atoms with van der Waals surface area (Å²) in [4.78, 5) is 24.7. The van der Waals surface area contributed by atoms with Crippen LogP contribution in [0.4, 0.5) is 10.3 Å². The number of amides is 1. The number of benzene rings is 1. The normalized spacial score (nSPS) is 10.9. The van der Waals surface area contributed by atoms with Crippen LogP contribution in [0.15, 0.2) is 36.4 Å². The molecule has 2 aromatic heterocycles. The van der Waals surface area contributed by atoms with Gasteiger partial charge in [0.15, 0.2) is 0 Å². The van der Waals surface area contributed by atoms with Crippen LogP contribution >= 0.6 is 0 Å². The van der Waals surface area contributed by atoms with Crippen molar-refractivity contribution in [1.82, 2.24) is 20.3 Å². The van der Waals surface area contributed by atoms with E-state index in [0.717, 1.165) is 0 Å². The van der Waals surface area contributed by atoms with Crippen LogP contribution in [0.5, 0.6) is 5.88 Å². The van der Waals surface area contributed by atoms with Gasteiger partial charge in [-0.25, -0.2) is 19.3 Å². The molecule has 3 N–H and O–H groups in total. The predicted octanol–water partition coefficient (Wildman–Crippen LogP) is 2.46. The number of nitrogens with zero attached hydrogens (tertiary/aromatic N) is 3. The highest BCUT2D eigenvalue weighted by atomic mass is 19.1. The number of rotatable bonds is 5. The molecule has 0 fully saturated rings. The van der Waals surface area contributed by atoms with Crippen molar-refractivity contribution in [3.8, 4) is 5.88 Å². The third kappa shape index (κ3) is 3.85. The second-order valence-electron chi connectivity index (χ2n) is 5.88. The quantitative estimate of drug-likeness (QED) is 0.729. The molecule has 26 heavy (non-hydrogen) atoms. The van der Waals surface area contributed by atoms with E-state index in [1.165, 1.54) is 12.1 Å². The molecule has 0 atom stereocenters. The minimum atomic E-state index is -0.564. The van der Waals surface area contributed by atoms with Crippen LogP contribution in [-0.4, -0.2) is 27.0 Å². The van der Waals surface area contributed by atoms with Gasteiger partial charge in [0, 0.05) is 11.5 Å².